The minimum Gasteiger partial charge on any atom is -0.368 e. The summed E-state index contributed by atoms with van der Waals surface area (Å²) in [6, 6.07) is 10.1. The van der Waals surface area contributed by atoms with Gasteiger partial charge in [-0.3, -0.25) is 4.79 Å². The van der Waals surface area contributed by atoms with E-state index in [9.17, 15) is 18.0 Å². The fourth-order valence-electron chi connectivity index (χ4n) is 2.86. The number of alkyl halides is 3. The summed E-state index contributed by atoms with van der Waals surface area (Å²) in [7, 11) is 0. The molecule has 0 aliphatic carbocycles. The Bertz CT molecular complexity index is 1070. The van der Waals surface area contributed by atoms with E-state index in [1.165, 1.54) is 6.92 Å². The highest BCUT2D eigenvalue weighted by Crippen LogP contribution is 2.29. The van der Waals surface area contributed by atoms with Gasteiger partial charge in [0.25, 0.3) is 0 Å². The van der Waals surface area contributed by atoms with Crippen molar-refractivity contribution in [2.45, 2.75) is 20.0 Å². The van der Waals surface area contributed by atoms with Crippen LogP contribution in [0.15, 0.2) is 48.8 Å². The second-order valence-corrected chi connectivity index (χ2v) is 6.82. The third kappa shape index (κ3) is 6.39. The van der Waals surface area contributed by atoms with E-state index < -0.39 is 11.9 Å². The molecule has 1 amide bonds. The summed E-state index contributed by atoms with van der Waals surface area (Å²) in [5.41, 5.74) is 2.17. The molecule has 0 saturated heterocycles. The first-order valence-electron chi connectivity index (χ1n) is 9.44. The van der Waals surface area contributed by atoms with Crippen LogP contribution in [0.2, 0.25) is 0 Å². The maximum absolute atomic E-state index is 12.9. The monoisotopic (exact) mass is 430 g/mol. The van der Waals surface area contributed by atoms with Crippen molar-refractivity contribution >= 4 is 23.4 Å². The first kappa shape index (κ1) is 22.0. The van der Waals surface area contributed by atoms with Gasteiger partial charge in [-0.05, 0) is 53.9 Å². The molecule has 0 saturated carbocycles. The second-order valence-electron chi connectivity index (χ2n) is 6.82. The molecule has 0 radical (unpaired) electrons. The Morgan fingerprint density at radius 3 is 2.52 bits per heavy atom. The average Bonchev–Trinajstić information content (AvgIpc) is 2.70. The standard InChI is InChI=1S/C21H21F3N6O/c1-13-9-16(15-3-5-26-19(12-15)27-8-7-25-14(2)31)11-17(10-13)29-20-28-6-4-18(30-20)21(22,23)24/h3-6,9-12H,7-8H2,1-2H3,(H,25,31)(H,26,27)(H,28,29,30). The zero-order valence-corrected chi connectivity index (χ0v) is 16.9. The van der Waals surface area contributed by atoms with Crippen LogP contribution in [0.5, 0.6) is 0 Å². The number of nitrogens with one attached hydrogen (secondary N) is 3. The number of amides is 1. The lowest BCUT2D eigenvalue weighted by molar-refractivity contribution is -0.141. The predicted octanol–water partition coefficient (Wildman–Crippen LogP) is 4.16. The maximum Gasteiger partial charge on any atom is 0.433 e. The molecular formula is C21H21F3N6O. The highest BCUT2D eigenvalue weighted by molar-refractivity contribution is 5.73. The first-order valence-corrected chi connectivity index (χ1v) is 9.44. The Balaban J connectivity index is 1.79. The van der Waals surface area contributed by atoms with E-state index in [2.05, 4.69) is 30.9 Å². The van der Waals surface area contributed by atoms with Gasteiger partial charge in [0, 0.05) is 38.1 Å². The number of carbonyl (C=O) groups excluding carboxylic acids is 1. The number of rotatable bonds is 7. The van der Waals surface area contributed by atoms with Crippen molar-refractivity contribution in [3.63, 3.8) is 0 Å². The van der Waals surface area contributed by atoms with Crippen LogP contribution in [0.4, 0.5) is 30.6 Å². The molecule has 0 aliphatic heterocycles. The van der Waals surface area contributed by atoms with Crippen LogP contribution in [0, 0.1) is 6.92 Å². The number of anilines is 3. The van der Waals surface area contributed by atoms with Gasteiger partial charge in [0.2, 0.25) is 11.9 Å². The molecule has 10 heteroatoms. The lowest BCUT2D eigenvalue weighted by atomic mass is 10.0. The fourth-order valence-corrected chi connectivity index (χ4v) is 2.86. The molecule has 3 aromatic rings. The molecular weight excluding hydrogens is 409 g/mol. The van der Waals surface area contributed by atoms with Gasteiger partial charge in [0.15, 0.2) is 0 Å². The van der Waals surface area contributed by atoms with Crippen molar-refractivity contribution in [2.75, 3.05) is 23.7 Å². The van der Waals surface area contributed by atoms with Gasteiger partial charge in [-0.2, -0.15) is 13.2 Å². The Labute approximate surface area is 177 Å². The maximum atomic E-state index is 12.9. The number of nitrogens with zero attached hydrogens (tertiary/aromatic N) is 3. The van der Waals surface area contributed by atoms with Gasteiger partial charge in [-0.1, -0.05) is 6.07 Å². The Morgan fingerprint density at radius 1 is 1.00 bits per heavy atom. The molecule has 2 aromatic heterocycles. The highest BCUT2D eigenvalue weighted by atomic mass is 19.4. The number of hydrogen-bond acceptors (Lipinski definition) is 6. The van der Waals surface area contributed by atoms with E-state index in [0.717, 1.165) is 29.0 Å². The predicted molar refractivity (Wildman–Crippen MR) is 112 cm³/mol. The molecule has 31 heavy (non-hydrogen) atoms. The molecule has 3 N–H and O–H groups in total. The van der Waals surface area contributed by atoms with Gasteiger partial charge in [0.05, 0.1) is 0 Å². The third-order valence-electron chi connectivity index (χ3n) is 4.18. The van der Waals surface area contributed by atoms with Crippen molar-refractivity contribution in [1.29, 1.82) is 0 Å². The molecule has 2 heterocycles. The van der Waals surface area contributed by atoms with Gasteiger partial charge >= 0.3 is 6.18 Å². The lowest BCUT2D eigenvalue weighted by Gasteiger charge is -2.12. The summed E-state index contributed by atoms with van der Waals surface area (Å²) >= 11 is 0. The lowest BCUT2D eigenvalue weighted by Crippen LogP contribution is -2.26. The Kier molecular flexibility index (Phi) is 6.68. The van der Waals surface area contributed by atoms with E-state index >= 15 is 0 Å². The van der Waals surface area contributed by atoms with E-state index in [4.69, 9.17) is 0 Å². The van der Waals surface area contributed by atoms with Crippen LogP contribution in [0.3, 0.4) is 0 Å². The topological polar surface area (TPSA) is 91.8 Å². The number of pyridine rings is 1. The summed E-state index contributed by atoms with van der Waals surface area (Å²) in [5.74, 6) is 0.398. The number of hydrogen-bond donors (Lipinski definition) is 3. The Morgan fingerprint density at radius 2 is 1.77 bits per heavy atom. The second kappa shape index (κ2) is 9.41. The van der Waals surface area contributed by atoms with Crippen LogP contribution in [-0.2, 0) is 11.0 Å². The zero-order chi connectivity index (χ0) is 22.4. The van der Waals surface area contributed by atoms with Crippen LogP contribution in [0.25, 0.3) is 11.1 Å². The number of aromatic nitrogens is 3. The molecule has 0 bridgehead atoms. The summed E-state index contributed by atoms with van der Waals surface area (Å²) in [4.78, 5) is 22.6. The molecule has 0 unspecified atom stereocenters. The summed E-state index contributed by atoms with van der Waals surface area (Å²) in [6.07, 6.45) is -1.82. The molecule has 0 atom stereocenters. The van der Waals surface area contributed by atoms with Gasteiger partial charge < -0.3 is 16.0 Å². The van der Waals surface area contributed by atoms with Crippen molar-refractivity contribution in [3.05, 3.63) is 60.0 Å². The number of carbonyl (C=O) groups is 1. The minimum atomic E-state index is -4.54. The SMILES string of the molecule is CC(=O)NCCNc1cc(-c2cc(C)cc(Nc3nccc(C(F)(F)F)n3)c2)ccn1. The average molecular weight is 430 g/mol. The summed E-state index contributed by atoms with van der Waals surface area (Å²) < 4.78 is 38.7. The highest BCUT2D eigenvalue weighted by Gasteiger charge is 2.32. The molecule has 1 aromatic carbocycles. The van der Waals surface area contributed by atoms with Crippen molar-refractivity contribution in [3.8, 4) is 11.1 Å². The van der Waals surface area contributed by atoms with E-state index in [1.807, 2.05) is 25.1 Å². The number of halogens is 3. The molecule has 0 spiro atoms. The van der Waals surface area contributed by atoms with Gasteiger partial charge in [-0.15, -0.1) is 0 Å². The summed E-state index contributed by atoms with van der Waals surface area (Å²) in [5, 5.41) is 8.67. The van der Waals surface area contributed by atoms with Crippen molar-refractivity contribution in [2.24, 2.45) is 0 Å². The van der Waals surface area contributed by atoms with E-state index in [-0.39, 0.29) is 11.9 Å². The van der Waals surface area contributed by atoms with E-state index in [0.29, 0.717) is 24.6 Å². The van der Waals surface area contributed by atoms with Crippen molar-refractivity contribution < 1.29 is 18.0 Å². The van der Waals surface area contributed by atoms with Crippen LogP contribution in [0.1, 0.15) is 18.2 Å². The smallest absolute Gasteiger partial charge is 0.368 e. The van der Waals surface area contributed by atoms with Crippen LogP contribution < -0.4 is 16.0 Å². The first-order chi connectivity index (χ1) is 14.7. The molecule has 3 rings (SSSR count). The van der Waals surface area contributed by atoms with Gasteiger partial charge in [-0.25, -0.2) is 15.0 Å². The normalized spacial score (nSPS) is 11.1. The summed E-state index contributed by atoms with van der Waals surface area (Å²) in [6.45, 7) is 4.32. The van der Waals surface area contributed by atoms with E-state index in [1.54, 1.807) is 18.3 Å². The van der Waals surface area contributed by atoms with Gasteiger partial charge in [0.1, 0.15) is 11.5 Å². The quantitative estimate of drug-likeness (QED) is 0.488. The molecule has 162 valence electrons. The van der Waals surface area contributed by atoms with Crippen LogP contribution in [-0.4, -0.2) is 33.9 Å². The molecule has 0 fully saturated rings. The number of benzene rings is 1. The largest absolute Gasteiger partial charge is 0.433 e. The Hall–Kier alpha value is -3.69. The van der Waals surface area contributed by atoms with Crippen molar-refractivity contribution in [1.82, 2.24) is 20.3 Å². The molecule has 7 nitrogen and oxygen atoms in total. The third-order valence-corrected chi connectivity index (χ3v) is 4.18. The fraction of sp³-hybridized carbons (Fsp3) is 0.238. The number of aryl methyl sites for hydroxylation is 1. The zero-order valence-electron chi connectivity index (χ0n) is 16.9. The molecule has 0 aliphatic rings. The van der Waals surface area contributed by atoms with Crippen LogP contribution >= 0.6 is 0 Å². The minimum absolute atomic E-state index is 0.104.